The maximum atomic E-state index is 13.9. The van der Waals surface area contributed by atoms with Crippen molar-refractivity contribution in [1.29, 1.82) is 0 Å². The first-order valence-corrected chi connectivity index (χ1v) is 9.19. The zero-order valence-electron chi connectivity index (χ0n) is 15.9. The summed E-state index contributed by atoms with van der Waals surface area (Å²) in [6, 6.07) is 9.65. The van der Waals surface area contributed by atoms with Gasteiger partial charge in [0.25, 0.3) is 0 Å². The number of ketones is 1. The molecule has 1 heterocycles. The smallest absolute Gasteiger partial charge is 0.412 e. The molecule has 0 bridgehead atoms. The molecule has 1 saturated heterocycles. The fraction of sp³-hybridized carbons (Fsp3) is 0.381. The van der Waals surface area contributed by atoms with Crippen molar-refractivity contribution in [1.82, 2.24) is 5.32 Å². The summed E-state index contributed by atoms with van der Waals surface area (Å²) in [5.74, 6) is -0.514. The highest BCUT2D eigenvalue weighted by molar-refractivity contribution is 6.03. The molecule has 1 aliphatic heterocycles. The minimum Gasteiger partial charge on any atom is -0.494 e. The van der Waals surface area contributed by atoms with Crippen molar-refractivity contribution < 1.29 is 35.9 Å². The SMILES string of the molecule is Cc1ccc(C(=O)C2N[C@]2(c2ccc(OCCCC(F)(F)F)cc2)C(F)(F)F)cc1. The maximum Gasteiger partial charge on any atom is 0.412 e. The Hall–Kier alpha value is -2.55. The Morgan fingerprint density at radius 2 is 1.60 bits per heavy atom. The lowest BCUT2D eigenvalue weighted by Crippen LogP contribution is -2.36. The van der Waals surface area contributed by atoms with E-state index in [1.165, 1.54) is 36.4 Å². The zero-order chi connectivity index (χ0) is 22.2. The molecule has 9 heteroatoms. The normalized spacial score (nSPS) is 21.4. The molecule has 2 aromatic carbocycles. The lowest BCUT2D eigenvalue weighted by atomic mass is 9.90. The zero-order valence-corrected chi connectivity index (χ0v) is 15.9. The summed E-state index contributed by atoms with van der Waals surface area (Å²) in [7, 11) is 0. The van der Waals surface area contributed by atoms with Crippen LogP contribution in [0.1, 0.15) is 34.3 Å². The quantitative estimate of drug-likeness (QED) is 0.279. The maximum absolute atomic E-state index is 13.9. The summed E-state index contributed by atoms with van der Waals surface area (Å²) >= 11 is 0. The third kappa shape index (κ3) is 4.61. The van der Waals surface area contributed by atoms with E-state index < -0.39 is 36.1 Å². The van der Waals surface area contributed by atoms with Gasteiger partial charge in [0, 0.05) is 12.0 Å². The Morgan fingerprint density at radius 3 is 2.13 bits per heavy atom. The molecule has 0 saturated carbocycles. The highest BCUT2D eigenvalue weighted by atomic mass is 19.4. The number of halogens is 6. The van der Waals surface area contributed by atoms with Crippen molar-refractivity contribution in [2.75, 3.05) is 6.61 Å². The minimum absolute atomic E-state index is 0.153. The number of aryl methyl sites for hydroxylation is 1. The van der Waals surface area contributed by atoms with Gasteiger partial charge in [-0.05, 0) is 31.0 Å². The first-order valence-electron chi connectivity index (χ1n) is 9.19. The molecule has 1 aliphatic rings. The van der Waals surface area contributed by atoms with E-state index in [1.54, 1.807) is 19.1 Å². The van der Waals surface area contributed by atoms with Crippen LogP contribution in [-0.4, -0.2) is 30.8 Å². The third-order valence-electron chi connectivity index (χ3n) is 4.95. The number of ether oxygens (including phenoxy) is 1. The third-order valence-corrected chi connectivity index (χ3v) is 4.95. The van der Waals surface area contributed by atoms with Crippen LogP contribution in [0.4, 0.5) is 26.3 Å². The summed E-state index contributed by atoms with van der Waals surface area (Å²) < 4.78 is 83.2. The average molecular weight is 431 g/mol. The summed E-state index contributed by atoms with van der Waals surface area (Å²) in [5, 5.41) is 2.30. The van der Waals surface area contributed by atoms with Crippen LogP contribution in [-0.2, 0) is 5.54 Å². The molecule has 1 N–H and O–H groups in total. The van der Waals surface area contributed by atoms with Crippen LogP contribution in [0, 0.1) is 6.92 Å². The highest BCUT2D eigenvalue weighted by Gasteiger charge is 2.74. The van der Waals surface area contributed by atoms with Crippen LogP contribution >= 0.6 is 0 Å². The van der Waals surface area contributed by atoms with Crippen molar-refractivity contribution >= 4 is 5.78 Å². The molecule has 30 heavy (non-hydrogen) atoms. The fourth-order valence-electron chi connectivity index (χ4n) is 3.27. The largest absolute Gasteiger partial charge is 0.494 e. The average Bonchev–Trinajstić information content (AvgIpc) is 3.42. The molecule has 3 rings (SSSR count). The molecule has 1 unspecified atom stereocenters. The Bertz CT molecular complexity index is 890. The fourth-order valence-corrected chi connectivity index (χ4v) is 3.27. The predicted octanol–water partition coefficient (Wildman–Crippen LogP) is 5.33. The number of carbonyl (C=O) groups excluding carboxylic acids is 1. The number of hydrogen-bond acceptors (Lipinski definition) is 3. The van der Waals surface area contributed by atoms with E-state index in [1.807, 2.05) is 0 Å². The highest BCUT2D eigenvalue weighted by Crippen LogP contribution is 2.52. The first kappa shape index (κ1) is 22.1. The molecule has 0 amide bonds. The monoisotopic (exact) mass is 431 g/mol. The van der Waals surface area contributed by atoms with Gasteiger partial charge in [-0.3, -0.25) is 10.1 Å². The van der Waals surface area contributed by atoms with E-state index in [-0.39, 0.29) is 29.9 Å². The van der Waals surface area contributed by atoms with Gasteiger partial charge in [-0.2, -0.15) is 26.3 Å². The summed E-state index contributed by atoms with van der Waals surface area (Å²) in [6.07, 6.45) is -10.3. The standard InChI is InChI=1S/C21H19F6NO2/c1-13-3-5-14(6-4-13)17(29)18-20(28-18,21(25,26)27)15-7-9-16(10-8-15)30-12-2-11-19(22,23)24/h3-10,18,28H,2,11-12H2,1H3/t18?,20-/m0/s1. The number of rotatable bonds is 7. The number of nitrogens with one attached hydrogen (secondary N) is 1. The van der Waals surface area contributed by atoms with Crippen molar-refractivity contribution in [3.63, 3.8) is 0 Å². The van der Waals surface area contributed by atoms with Crippen LogP contribution in [0.25, 0.3) is 0 Å². The Labute approximate surface area is 169 Å². The van der Waals surface area contributed by atoms with Gasteiger partial charge >= 0.3 is 12.4 Å². The number of Topliss-reactive ketones (excluding diaryl/α,β-unsaturated/α-hetero) is 1. The van der Waals surface area contributed by atoms with Crippen LogP contribution in [0.3, 0.4) is 0 Å². The van der Waals surface area contributed by atoms with E-state index in [0.29, 0.717) is 0 Å². The van der Waals surface area contributed by atoms with Crippen LogP contribution in [0.15, 0.2) is 48.5 Å². The lowest BCUT2D eigenvalue weighted by molar-refractivity contribution is -0.163. The van der Waals surface area contributed by atoms with Crippen molar-refractivity contribution in [2.45, 2.75) is 43.7 Å². The number of hydrogen-bond donors (Lipinski definition) is 1. The second-order valence-corrected chi connectivity index (χ2v) is 7.20. The molecule has 0 aromatic heterocycles. The van der Waals surface area contributed by atoms with Gasteiger partial charge in [0.2, 0.25) is 0 Å². The second-order valence-electron chi connectivity index (χ2n) is 7.20. The number of carbonyl (C=O) groups is 1. The Morgan fingerprint density at radius 1 is 1.00 bits per heavy atom. The predicted molar refractivity (Wildman–Crippen MR) is 97.4 cm³/mol. The molecule has 2 atom stereocenters. The van der Waals surface area contributed by atoms with Crippen molar-refractivity contribution in [3.8, 4) is 5.75 Å². The number of benzene rings is 2. The molecule has 3 nitrogen and oxygen atoms in total. The van der Waals surface area contributed by atoms with Gasteiger partial charge in [0.15, 0.2) is 11.3 Å². The molecule has 0 radical (unpaired) electrons. The van der Waals surface area contributed by atoms with Gasteiger partial charge in [-0.15, -0.1) is 0 Å². The van der Waals surface area contributed by atoms with Gasteiger partial charge in [-0.1, -0.05) is 42.0 Å². The molecule has 0 spiro atoms. The first-order chi connectivity index (χ1) is 13.9. The topological polar surface area (TPSA) is 48.2 Å². The second kappa shape index (κ2) is 7.94. The van der Waals surface area contributed by atoms with Crippen molar-refractivity contribution in [3.05, 3.63) is 65.2 Å². The Kier molecular flexibility index (Phi) is 5.86. The minimum atomic E-state index is -4.73. The van der Waals surface area contributed by atoms with Crippen molar-refractivity contribution in [2.24, 2.45) is 0 Å². The van der Waals surface area contributed by atoms with Gasteiger partial charge in [0.1, 0.15) is 11.8 Å². The molecular formula is C21H19F6NO2. The van der Waals surface area contributed by atoms with Gasteiger partial charge in [-0.25, -0.2) is 0 Å². The van der Waals surface area contributed by atoms with E-state index in [9.17, 15) is 31.1 Å². The molecule has 0 aliphatic carbocycles. The van der Waals surface area contributed by atoms with E-state index in [2.05, 4.69) is 5.32 Å². The summed E-state index contributed by atoms with van der Waals surface area (Å²) in [4.78, 5) is 12.6. The Balaban J connectivity index is 1.73. The van der Waals surface area contributed by atoms with E-state index in [0.717, 1.165) is 5.56 Å². The lowest BCUT2D eigenvalue weighted by Gasteiger charge is -2.20. The van der Waals surface area contributed by atoms with E-state index in [4.69, 9.17) is 4.74 Å². The molecule has 2 aromatic rings. The molecule has 1 fully saturated rings. The van der Waals surface area contributed by atoms with E-state index >= 15 is 0 Å². The molecular weight excluding hydrogens is 412 g/mol. The summed E-state index contributed by atoms with van der Waals surface area (Å²) in [6.45, 7) is 1.59. The summed E-state index contributed by atoms with van der Waals surface area (Å²) in [5.41, 5.74) is -1.62. The van der Waals surface area contributed by atoms with Crippen LogP contribution < -0.4 is 10.1 Å². The van der Waals surface area contributed by atoms with Gasteiger partial charge in [0.05, 0.1) is 6.61 Å². The van der Waals surface area contributed by atoms with Crippen LogP contribution in [0.5, 0.6) is 5.75 Å². The van der Waals surface area contributed by atoms with Crippen LogP contribution in [0.2, 0.25) is 0 Å². The molecule has 162 valence electrons. The van der Waals surface area contributed by atoms with Gasteiger partial charge < -0.3 is 4.74 Å². The number of alkyl halides is 6.